The number of imidazole rings is 1. The molecule has 80 valence electrons. The number of rotatable bonds is 1. The number of hydrogen-bond donors (Lipinski definition) is 0. The fraction of sp³-hybridized carbons (Fsp3) is 0. The normalized spacial score (nSPS) is 11.1. The number of aromatic nitrogens is 2. The van der Waals surface area contributed by atoms with Crippen LogP contribution in [0.3, 0.4) is 0 Å². The molecule has 2 aromatic heterocycles. The molecule has 3 aromatic rings. The van der Waals surface area contributed by atoms with Crippen LogP contribution in [0, 0.1) is 3.70 Å². The van der Waals surface area contributed by atoms with Crippen LogP contribution in [0.2, 0.25) is 5.02 Å². The van der Waals surface area contributed by atoms with Crippen molar-refractivity contribution in [2.45, 2.75) is 0 Å². The molecule has 0 fully saturated rings. The Morgan fingerprint density at radius 2 is 2.00 bits per heavy atom. The first-order chi connectivity index (χ1) is 7.75. The standard InChI is InChI=1S/C11H6ClIN2Se/c12-8-3-1-7(2-4-8)9-10(13)15-6-5-14-11(15)16-9/h1-6H. The van der Waals surface area contributed by atoms with Crippen LogP contribution in [0.25, 0.3) is 14.5 Å². The number of nitrogens with zero attached hydrogens (tertiary/aromatic N) is 2. The van der Waals surface area contributed by atoms with Crippen LogP contribution in [0.15, 0.2) is 36.7 Å². The second kappa shape index (κ2) is 4.18. The van der Waals surface area contributed by atoms with Crippen LogP contribution in [0.5, 0.6) is 0 Å². The predicted molar refractivity (Wildman–Crippen MR) is 75.3 cm³/mol. The Hall–Kier alpha value is -0.291. The van der Waals surface area contributed by atoms with Gasteiger partial charge in [0.15, 0.2) is 0 Å². The van der Waals surface area contributed by atoms with Crippen LogP contribution >= 0.6 is 34.2 Å². The van der Waals surface area contributed by atoms with Crippen molar-refractivity contribution in [3.8, 4) is 10.0 Å². The van der Waals surface area contributed by atoms with Crippen LogP contribution in [0.4, 0.5) is 0 Å². The minimum atomic E-state index is 0.299. The van der Waals surface area contributed by atoms with Crippen molar-refractivity contribution in [2.75, 3.05) is 0 Å². The third-order valence-corrected chi connectivity index (χ3v) is 6.78. The fourth-order valence-corrected chi connectivity index (χ4v) is 5.37. The Balaban J connectivity index is 2.21. The van der Waals surface area contributed by atoms with Crippen LogP contribution in [0.1, 0.15) is 0 Å². The number of benzene rings is 1. The molecule has 16 heavy (non-hydrogen) atoms. The summed E-state index contributed by atoms with van der Waals surface area (Å²) < 4.78 is 5.96. The molecular formula is C11H6ClIN2Se. The van der Waals surface area contributed by atoms with Crippen molar-refractivity contribution < 1.29 is 0 Å². The van der Waals surface area contributed by atoms with E-state index in [-0.39, 0.29) is 0 Å². The van der Waals surface area contributed by atoms with Crippen LogP contribution < -0.4 is 0 Å². The van der Waals surface area contributed by atoms with E-state index in [1.807, 2.05) is 24.5 Å². The summed E-state index contributed by atoms with van der Waals surface area (Å²) in [6.45, 7) is 0. The average Bonchev–Trinajstić information content (AvgIpc) is 2.84. The van der Waals surface area contributed by atoms with E-state index in [1.165, 1.54) is 18.2 Å². The molecular weight excluding hydrogens is 401 g/mol. The molecule has 0 radical (unpaired) electrons. The van der Waals surface area contributed by atoms with E-state index < -0.39 is 0 Å². The molecule has 0 N–H and O–H groups in total. The second-order valence-corrected chi connectivity index (χ2v) is 6.82. The summed E-state index contributed by atoms with van der Waals surface area (Å²) in [5.41, 5.74) is 1.25. The molecule has 0 amide bonds. The van der Waals surface area contributed by atoms with Gasteiger partial charge >= 0.3 is 118 Å². The van der Waals surface area contributed by atoms with E-state index >= 15 is 0 Å². The fourth-order valence-electron chi connectivity index (χ4n) is 1.54. The van der Waals surface area contributed by atoms with Gasteiger partial charge in [0.25, 0.3) is 0 Å². The van der Waals surface area contributed by atoms with Gasteiger partial charge in [0.1, 0.15) is 0 Å². The van der Waals surface area contributed by atoms with Gasteiger partial charge < -0.3 is 0 Å². The van der Waals surface area contributed by atoms with Crippen molar-refractivity contribution in [1.29, 1.82) is 0 Å². The molecule has 3 rings (SSSR count). The summed E-state index contributed by atoms with van der Waals surface area (Å²) in [6, 6.07) is 8.02. The van der Waals surface area contributed by atoms with Crippen LogP contribution in [-0.4, -0.2) is 23.9 Å². The average molecular weight is 408 g/mol. The SMILES string of the molecule is Clc1ccc(-c2[se]c3nccn3c2I)cc1. The monoisotopic (exact) mass is 408 g/mol. The van der Waals surface area contributed by atoms with Gasteiger partial charge in [-0.1, -0.05) is 0 Å². The first kappa shape index (κ1) is 10.8. The predicted octanol–water partition coefficient (Wildman–Crippen LogP) is 3.32. The third-order valence-electron chi connectivity index (χ3n) is 2.31. The first-order valence-electron chi connectivity index (χ1n) is 4.63. The zero-order valence-corrected chi connectivity index (χ0v) is 12.6. The van der Waals surface area contributed by atoms with Crippen LogP contribution in [-0.2, 0) is 0 Å². The molecule has 2 nitrogen and oxygen atoms in total. The Morgan fingerprint density at radius 1 is 1.25 bits per heavy atom. The summed E-state index contributed by atoms with van der Waals surface area (Å²) in [4.78, 5) is 4.36. The third kappa shape index (κ3) is 1.74. The zero-order valence-electron chi connectivity index (χ0n) is 8.02. The summed E-state index contributed by atoms with van der Waals surface area (Å²) in [5, 5.41) is 0.780. The summed E-state index contributed by atoms with van der Waals surface area (Å²) >= 11 is 8.57. The molecule has 0 unspecified atom stereocenters. The van der Waals surface area contributed by atoms with Crippen molar-refractivity contribution >= 4 is 53.2 Å². The van der Waals surface area contributed by atoms with Crippen molar-refractivity contribution in [3.63, 3.8) is 0 Å². The number of hydrogen-bond acceptors (Lipinski definition) is 1. The molecule has 0 saturated carbocycles. The Kier molecular flexibility index (Phi) is 2.83. The van der Waals surface area contributed by atoms with Gasteiger partial charge in [0.05, 0.1) is 0 Å². The topological polar surface area (TPSA) is 17.3 Å². The molecule has 0 aliphatic heterocycles. The van der Waals surface area contributed by atoms with E-state index in [9.17, 15) is 0 Å². The molecule has 2 heterocycles. The van der Waals surface area contributed by atoms with E-state index in [4.69, 9.17) is 11.6 Å². The van der Waals surface area contributed by atoms with Gasteiger partial charge in [-0.05, 0) is 0 Å². The molecule has 0 saturated heterocycles. The van der Waals surface area contributed by atoms with Gasteiger partial charge in [-0.3, -0.25) is 0 Å². The summed E-state index contributed by atoms with van der Waals surface area (Å²) in [7, 11) is 0. The van der Waals surface area contributed by atoms with Crippen molar-refractivity contribution in [3.05, 3.63) is 45.4 Å². The van der Waals surface area contributed by atoms with Gasteiger partial charge in [-0.15, -0.1) is 0 Å². The minimum absolute atomic E-state index is 0.299. The Bertz CT molecular complexity index is 642. The quantitative estimate of drug-likeness (QED) is 0.447. The van der Waals surface area contributed by atoms with Crippen molar-refractivity contribution in [2.24, 2.45) is 0 Å². The van der Waals surface area contributed by atoms with Gasteiger partial charge in [-0.25, -0.2) is 0 Å². The Labute approximate surface area is 117 Å². The van der Waals surface area contributed by atoms with Crippen molar-refractivity contribution in [1.82, 2.24) is 9.38 Å². The molecule has 0 spiro atoms. The second-order valence-electron chi connectivity index (χ2n) is 3.31. The Morgan fingerprint density at radius 3 is 2.69 bits per heavy atom. The zero-order chi connectivity index (χ0) is 11.1. The van der Waals surface area contributed by atoms with E-state index in [0.717, 1.165) is 5.02 Å². The molecule has 1 aromatic carbocycles. The van der Waals surface area contributed by atoms with Gasteiger partial charge in [0.2, 0.25) is 0 Å². The number of halogens is 2. The summed E-state index contributed by atoms with van der Waals surface area (Å²) in [5.74, 6) is 0. The van der Waals surface area contributed by atoms with E-state index in [0.29, 0.717) is 14.5 Å². The van der Waals surface area contributed by atoms with E-state index in [1.54, 1.807) is 0 Å². The maximum absolute atomic E-state index is 5.89. The molecule has 0 aliphatic rings. The molecule has 5 heteroatoms. The van der Waals surface area contributed by atoms with Gasteiger partial charge in [0, 0.05) is 0 Å². The van der Waals surface area contributed by atoms with Gasteiger partial charge in [-0.2, -0.15) is 0 Å². The van der Waals surface area contributed by atoms with E-state index in [2.05, 4.69) is 44.1 Å². The molecule has 0 atom stereocenters. The molecule has 0 bridgehead atoms. The maximum atomic E-state index is 5.89. The first-order valence-corrected chi connectivity index (χ1v) is 7.80. The number of fused-ring (bicyclic) bond motifs is 1. The summed E-state index contributed by atoms with van der Waals surface area (Å²) in [6.07, 6.45) is 3.87. The molecule has 0 aliphatic carbocycles.